The van der Waals surface area contributed by atoms with Crippen LogP contribution in [0.3, 0.4) is 0 Å². The summed E-state index contributed by atoms with van der Waals surface area (Å²) in [4.78, 5) is 27.7. The van der Waals surface area contributed by atoms with Crippen LogP contribution in [0.1, 0.15) is 34.1 Å². The summed E-state index contributed by atoms with van der Waals surface area (Å²) in [6.07, 6.45) is -7.83. The van der Waals surface area contributed by atoms with E-state index < -0.39 is 104 Å². The van der Waals surface area contributed by atoms with Gasteiger partial charge in [0.05, 0.1) is 61.7 Å². The summed E-state index contributed by atoms with van der Waals surface area (Å²) >= 11 is 0. The van der Waals surface area contributed by atoms with Gasteiger partial charge in [0.15, 0.2) is 12.6 Å². The molecule has 4 N–H and O–H groups in total. The predicted molar refractivity (Wildman–Crippen MR) is 171 cm³/mol. The Labute approximate surface area is 287 Å². The molecule has 0 bridgehead atoms. The summed E-state index contributed by atoms with van der Waals surface area (Å²) in [6, 6.07) is -1.71. The summed E-state index contributed by atoms with van der Waals surface area (Å²) in [7, 11) is 7.54. The Balaban J connectivity index is 2.13. The Morgan fingerprint density at radius 2 is 1.43 bits per heavy atom. The molecule has 1 saturated carbocycles. The lowest BCUT2D eigenvalue weighted by molar-refractivity contribution is -0.329. The van der Waals surface area contributed by atoms with Gasteiger partial charge in [0, 0.05) is 72.7 Å². The topological polar surface area (TPSA) is 230 Å². The van der Waals surface area contributed by atoms with Crippen molar-refractivity contribution in [3.8, 4) is 0 Å². The van der Waals surface area contributed by atoms with Crippen molar-refractivity contribution in [1.82, 2.24) is 10.6 Å². The van der Waals surface area contributed by atoms with E-state index in [1.165, 1.54) is 35.2 Å². The zero-order chi connectivity index (χ0) is 36.5. The van der Waals surface area contributed by atoms with Gasteiger partial charge in [-0.3, -0.25) is 9.59 Å². The van der Waals surface area contributed by atoms with Crippen molar-refractivity contribution in [3.05, 3.63) is 10.4 Å². The molecule has 18 heteroatoms. The first-order valence-corrected chi connectivity index (χ1v) is 16.5. The van der Waals surface area contributed by atoms with Gasteiger partial charge >= 0.3 is 0 Å². The number of hydrogen-bond donors (Lipinski definition) is 4. The summed E-state index contributed by atoms with van der Waals surface area (Å²) in [5, 5.41) is 31.2. The van der Waals surface area contributed by atoms with Gasteiger partial charge in [-0.05, 0) is 18.9 Å². The van der Waals surface area contributed by atoms with Crippen LogP contribution in [0, 0.1) is 17.3 Å². The van der Waals surface area contributed by atoms with Crippen molar-refractivity contribution in [2.24, 2.45) is 22.4 Å². The van der Waals surface area contributed by atoms with Crippen LogP contribution in [0.4, 0.5) is 0 Å². The van der Waals surface area contributed by atoms with Crippen LogP contribution >= 0.6 is 0 Å². The first-order valence-electron chi connectivity index (χ1n) is 16.5. The quantitative estimate of drug-likeness (QED) is 0.0880. The normalized spacial score (nSPS) is 40.8. The Morgan fingerprint density at radius 3 is 1.90 bits per heavy atom. The van der Waals surface area contributed by atoms with Gasteiger partial charge in [-0.2, -0.15) is 0 Å². The molecular formula is C31H55N5O13. The Morgan fingerprint density at radius 1 is 0.837 bits per heavy atom. The molecule has 3 rings (SSSR count). The van der Waals surface area contributed by atoms with E-state index in [4.69, 9.17) is 42.6 Å². The molecule has 3 aliphatic rings. The fraction of sp³-hybridized carbons (Fsp3) is 0.935. The third-order valence-corrected chi connectivity index (χ3v) is 10.1. The predicted octanol–water partition coefficient (Wildman–Crippen LogP) is -0.120. The first-order chi connectivity index (χ1) is 23.5. The zero-order valence-corrected chi connectivity index (χ0v) is 29.8. The monoisotopic (exact) mass is 705 g/mol. The van der Waals surface area contributed by atoms with E-state index in [9.17, 15) is 25.3 Å². The molecule has 14 unspecified atom stereocenters. The van der Waals surface area contributed by atoms with E-state index >= 15 is 0 Å². The van der Waals surface area contributed by atoms with Crippen LogP contribution in [0.25, 0.3) is 10.4 Å². The van der Waals surface area contributed by atoms with E-state index in [0.29, 0.717) is 6.42 Å². The molecule has 1 aliphatic carbocycles. The Bertz CT molecular complexity index is 1120. The maximum atomic E-state index is 12.6. The molecule has 3 fully saturated rings. The SMILES string of the molecule is CCC1C(O[C@@H]2C(OC3C(CO)C(OC)C(NC(C)=O)C(OC)C3NC(C)=O)OC(C)C2(CO)CN=[N+]=[N-])OC(COC)C(OC)C1OC. The van der Waals surface area contributed by atoms with Gasteiger partial charge in [-0.1, -0.05) is 12.0 Å². The Kier molecular flexibility index (Phi) is 15.9. The lowest BCUT2D eigenvalue weighted by Gasteiger charge is -2.51. The number of aliphatic hydroxyl groups excluding tert-OH is 2. The molecule has 2 saturated heterocycles. The minimum atomic E-state index is -1.32. The minimum absolute atomic E-state index is 0.168. The van der Waals surface area contributed by atoms with Crippen LogP contribution in [0.15, 0.2) is 5.11 Å². The number of hydrogen-bond acceptors (Lipinski definition) is 14. The van der Waals surface area contributed by atoms with Crippen LogP contribution < -0.4 is 10.6 Å². The van der Waals surface area contributed by atoms with E-state index in [1.807, 2.05) is 6.92 Å². The maximum Gasteiger partial charge on any atom is 0.217 e. The van der Waals surface area contributed by atoms with Crippen molar-refractivity contribution in [2.45, 2.75) is 108 Å². The van der Waals surface area contributed by atoms with Gasteiger partial charge < -0.3 is 63.5 Å². The first kappa shape index (κ1) is 41.2. The number of carbonyl (C=O) groups excluding carboxylic acids is 2. The van der Waals surface area contributed by atoms with Gasteiger partial charge in [0.25, 0.3) is 0 Å². The van der Waals surface area contributed by atoms with Crippen molar-refractivity contribution in [2.75, 3.05) is 61.9 Å². The molecule has 15 atom stereocenters. The highest BCUT2D eigenvalue weighted by Crippen LogP contribution is 2.46. The maximum absolute atomic E-state index is 12.6. The van der Waals surface area contributed by atoms with E-state index in [2.05, 4.69) is 20.7 Å². The van der Waals surface area contributed by atoms with Crippen LogP contribution in [0.2, 0.25) is 0 Å². The number of nitrogens with one attached hydrogen (secondary N) is 2. The van der Waals surface area contributed by atoms with Crippen molar-refractivity contribution >= 4 is 11.8 Å². The largest absolute Gasteiger partial charge is 0.396 e. The third-order valence-electron chi connectivity index (χ3n) is 10.1. The van der Waals surface area contributed by atoms with Crippen LogP contribution in [0.5, 0.6) is 0 Å². The number of aliphatic hydroxyl groups is 2. The molecule has 0 aromatic heterocycles. The number of nitrogens with zero attached hydrogens (tertiary/aromatic N) is 3. The van der Waals surface area contributed by atoms with Gasteiger partial charge in [0.1, 0.15) is 24.4 Å². The number of methoxy groups -OCH3 is 5. The van der Waals surface area contributed by atoms with Crippen LogP contribution in [-0.4, -0.2) is 157 Å². The summed E-state index contributed by atoms with van der Waals surface area (Å²) < 4.78 is 55.0. The smallest absolute Gasteiger partial charge is 0.217 e. The average molecular weight is 706 g/mol. The molecule has 0 aromatic rings. The van der Waals surface area contributed by atoms with Gasteiger partial charge in [-0.15, -0.1) is 0 Å². The minimum Gasteiger partial charge on any atom is -0.396 e. The molecule has 0 spiro atoms. The lowest BCUT2D eigenvalue weighted by Crippen LogP contribution is -2.72. The second kappa shape index (κ2) is 18.9. The second-order valence-corrected chi connectivity index (χ2v) is 12.8. The second-order valence-electron chi connectivity index (χ2n) is 12.8. The molecular weight excluding hydrogens is 650 g/mol. The van der Waals surface area contributed by atoms with E-state index in [1.54, 1.807) is 21.1 Å². The third kappa shape index (κ3) is 8.65. The number of ether oxygens (including phenoxy) is 9. The van der Waals surface area contributed by atoms with Gasteiger partial charge in [-0.25, -0.2) is 0 Å². The lowest BCUT2D eigenvalue weighted by atomic mass is 9.75. The molecule has 0 radical (unpaired) electrons. The van der Waals surface area contributed by atoms with E-state index in [-0.39, 0.29) is 25.0 Å². The highest BCUT2D eigenvalue weighted by atomic mass is 16.8. The van der Waals surface area contributed by atoms with Crippen molar-refractivity contribution in [3.63, 3.8) is 0 Å². The fourth-order valence-corrected chi connectivity index (χ4v) is 7.70. The van der Waals surface area contributed by atoms with Crippen LogP contribution in [-0.2, 0) is 52.2 Å². The number of amides is 2. The molecule has 282 valence electrons. The highest BCUT2D eigenvalue weighted by molar-refractivity contribution is 5.74. The molecule has 49 heavy (non-hydrogen) atoms. The molecule has 2 aliphatic heterocycles. The number of rotatable bonds is 17. The van der Waals surface area contributed by atoms with Crippen molar-refractivity contribution in [1.29, 1.82) is 0 Å². The number of carbonyl (C=O) groups is 2. The van der Waals surface area contributed by atoms with Crippen molar-refractivity contribution < 1.29 is 62.4 Å². The average Bonchev–Trinajstić information content (AvgIpc) is 3.32. The van der Waals surface area contributed by atoms with E-state index in [0.717, 1.165) is 0 Å². The standard InChI is InChI=1S/C31H55N5O13/c1-10-18-25(43-7)26(44-8)20(12-41-5)47-29(18)49-28-30(46-15(2)31(28,14-38)13-33-36-32)48-24-19(11-37)23(42-6)21(34-16(3)39)27(45-9)22(24)35-17(4)40/h15,18-30,37-38H,10-14H2,1-9H3,(H,34,39)(H,35,40)/t15?,18?,19?,20?,21?,22?,23?,24?,25?,26?,27?,28-,29?,30?,31?/m1/s1. The summed E-state index contributed by atoms with van der Waals surface area (Å²) in [6.45, 7) is 5.27. The molecule has 2 amide bonds. The zero-order valence-electron chi connectivity index (χ0n) is 29.8. The Hall–Kier alpha value is -2.19. The summed E-state index contributed by atoms with van der Waals surface area (Å²) in [5.74, 6) is -1.97. The molecule has 0 aromatic carbocycles. The summed E-state index contributed by atoms with van der Waals surface area (Å²) in [5.41, 5.74) is 7.99. The fourth-order valence-electron chi connectivity index (χ4n) is 7.70. The van der Waals surface area contributed by atoms with Gasteiger partial charge in [0.2, 0.25) is 11.8 Å². The molecule has 18 nitrogen and oxygen atoms in total. The highest BCUT2D eigenvalue weighted by Gasteiger charge is 2.61. The number of azide groups is 1. The molecule has 2 heterocycles.